The van der Waals surface area contributed by atoms with Crippen molar-refractivity contribution in [3.63, 3.8) is 0 Å². The minimum Gasteiger partial charge on any atom is -0.481 e. The first-order chi connectivity index (χ1) is 15.9. The number of nitrogens with two attached hydrogens (primary N) is 1. The van der Waals surface area contributed by atoms with Gasteiger partial charge in [0.2, 0.25) is 0 Å². The van der Waals surface area contributed by atoms with E-state index in [1.807, 2.05) is 25.4 Å². The number of hydrogen-bond donors (Lipinski definition) is 2. The minimum atomic E-state index is -0.775. The zero-order chi connectivity index (χ0) is 23.1. The van der Waals surface area contributed by atoms with Crippen molar-refractivity contribution in [3.8, 4) is 11.1 Å². The standard InChI is InChI=1S/C25H24IN5O2/c1-14-23(16-4-2-3-15(5-6-16)11-22(32)33)30-25-20(13-29-31(25)24(14)27)18-9-10-28-21-12-17(26)7-8-19(18)21/h3,7-10,12-13,16H,2,4-6,11,27H2,1H3,(H,32,33). The number of fused-ring (bicyclic) bond motifs is 2. The van der Waals surface area contributed by atoms with Gasteiger partial charge in [-0.3, -0.25) is 9.78 Å². The van der Waals surface area contributed by atoms with Crippen LogP contribution in [0.4, 0.5) is 5.82 Å². The molecule has 8 heteroatoms. The van der Waals surface area contributed by atoms with Crippen molar-refractivity contribution in [2.45, 2.75) is 44.9 Å². The molecule has 0 bridgehead atoms. The van der Waals surface area contributed by atoms with Crippen LogP contribution >= 0.6 is 22.6 Å². The van der Waals surface area contributed by atoms with E-state index in [4.69, 9.17) is 15.8 Å². The number of carboxylic acids is 1. The number of carboxylic acid groups (broad SMARTS) is 1. The van der Waals surface area contributed by atoms with Gasteiger partial charge in [-0.2, -0.15) is 9.61 Å². The van der Waals surface area contributed by atoms with Gasteiger partial charge in [0.1, 0.15) is 5.82 Å². The molecule has 5 rings (SSSR count). The molecule has 33 heavy (non-hydrogen) atoms. The van der Waals surface area contributed by atoms with Gasteiger partial charge in [0.05, 0.1) is 23.8 Å². The second-order valence-corrected chi connectivity index (χ2v) is 9.81. The van der Waals surface area contributed by atoms with Crippen molar-refractivity contribution in [1.82, 2.24) is 19.6 Å². The van der Waals surface area contributed by atoms with Crippen LogP contribution in [-0.4, -0.2) is 30.7 Å². The van der Waals surface area contributed by atoms with Crippen molar-refractivity contribution < 1.29 is 9.90 Å². The van der Waals surface area contributed by atoms with Crippen LogP contribution in [0.3, 0.4) is 0 Å². The zero-order valence-electron chi connectivity index (χ0n) is 18.3. The van der Waals surface area contributed by atoms with E-state index in [0.29, 0.717) is 5.82 Å². The Morgan fingerprint density at radius 1 is 1.27 bits per heavy atom. The zero-order valence-corrected chi connectivity index (χ0v) is 20.4. The van der Waals surface area contributed by atoms with E-state index in [1.54, 1.807) is 4.52 Å². The summed E-state index contributed by atoms with van der Waals surface area (Å²) in [5.74, 6) is 0.0401. The maximum atomic E-state index is 11.1. The largest absolute Gasteiger partial charge is 0.481 e. The lowest BCUT2D eigenvalue weighted by molar-refractivity contribution is -0.136. The molecular weight excluding hydrogens is 529 g/mol. The number of pyridine rings is 1. The number of benzene rings is 1. The number of aromatic nitrogens is 4. The summed E-state index contributed by atoms with van der Waals surface area (Å²) in [6.45, 7) is 2.00. The number of nitrogens with zero attached hydrogens (tertiary/aromatic N) is 4. The highest BCUT2D eigenvalue weighted by atomic mass is 127. The molecule has 0 amide bonds. The lowest BCUT2D eigenvalue weighted by Crippen LogP contribution is -2.11. The van der Waals surface area contributed by atoms with E-state index < -0.39 is 5.97 Å². The first-order valence-corrected chi connectivity index (χ1v) is 12.1. The maximum absolute atomic E-state index is 11.1. The fourth-order valence-corrected chi connectivity index (χ4v) is 5.26. The quantitative estimate of drug-likeness (QED) is 0.256. The molecular formula is C25H24IN5O2. The van der Waals surface area contributed by atoms with E-state index in [1.165, 1.54) is 0 Å². The number of hydrogen-bond acceptors (Lipinski definition) is 5. The number of carbonyl (C=O) groups is 1. The molecule has 3 N–H and O–H groups in total. The number of anilines is 1. The van der Waals surface area contributed by atoms with Gasteiger partial charge in [-0.05, 0) is 79.0 Å². The predicted octanol–water partition coefficient (Wildman–Crippen LogP) is 5.50. The average Bonchev–Trinajstić information content (AvgIpc) is 3.08. The Balaban J connectivity index is 1.59. The molecule has 4 aromatic rings. The molecule has 0 spiro atoms. The van der Waals surface area contributed by atoms with Crippen LogP contribution in [0.15, 0.2) is 48.3 Å². The van der Waals surface area contributed by atoms with Gasteiger partial charge in [-0.15, -0.1) is 0 Å². The van der Waals surface area contributed by atoms with Gasteiger partial charge in [-0.1, -0.05) is 17.7 Å². The molecule has 1 unspecified atom stereocenters. The number of aliphatic carboxylic acids is 1. The van der Waals surface area contributed by atoms with Crippen LogP contribution in [0.2, 0.25) is 0 Å². The van der Waals surface area contributed by atoms with E-state index >= 15 is 0 Å². The Hall–Kier alpha value is -3.01. The van der Waals surface area contributed by atoms with E-state index in [-0.39, 0.29) is 12.3 Å². The molecule has 0 saturated heterocycles. The SMILES string of the molecule is Cc1c(C2CCC=C(CC(=O)O)CC2)nc2c(-c3ccnc4cc(I)ccc34)cnn2c1N. The Morgan fingerprint density at radius 2 is 2.12 bits per heavy atom. The van der Waals surface area contributed by atoms with Crippen molar-refractivity contribution in [1.29, 1.82) is 0 Å². The van der Waals surface area contributed by atoms with Crippen LogP contribution in [-0.2, 0) is 4.79 Å². The Morgan fingerprint density at radius 3 is 2.94 bits per heavy atom. The molecule has 0 aliphatic heterocycles. The Labute approximate surface area is 204 Å². The molecule has 3 aromatic heterocycles. The Bertz CT molecular complexity index is 1430. The summed E-state index contributed by atoms with van der Waals surface area (Å²) in [4.78, 5) is 20.8. The van der Waals surface area contributed by atoms with Crippen molar-refractivity contribution >= 4 is 50.9 Å². The van der Waals surface area contributed by atoms with Gasteiger partial charge in [0, 0.05) is 32.2 Å². The third-order valence-electron chi connectivity index (χ3n) is 6.49. The molecule has 3 heterocycles. The van der Waals surface area contributed by atoms with Crippen molar-refractivity contribution in [3.05, 3.63) is 63.1 Å². The number of nitrogen functional groups attached to an aromatic ring is 1. The summed E-state index contributed by atoms with van der Waals surface area (Å²) < 4.78 is 2.85. The van der Waals surface area contributed by atoms with Crippen LogP contribution in [0.1, 0.15) is 49.3 Å². The lowest BCUT2D eigenvalue weighted by Gasteiger charge is -2.18. The smallest absolute Gasteiger partial charge is 0.307 e. The summed E-state index contributed by atoms with van der Waals surface area (Å²) in [7, 11) is 0. The molecule has 1 aliphatic carbocycles. The maximum Gasteiger partial charge on any atom is 0.307 e. The monoisotopic (exact) mass is 553 g/mol. The summed E-state index contributed by atoms with van der Waals surface area (Å²) >= 11 is 2.29. The summed E-state index contributed by atoms with van der Waals surface area (Å²) in [6.07, 6.45) is 9.24. The van der Waals surface area contributed by atoms with Gasteiger partial charge < -0.3 is 10.8 Å². The number of halogens is 1. The topological polar surface area (TPSA) is 106 Å². The molecule has 1 aromatic carbocycles. The van der Waals surface area contributed by atoms with Crippen LogP contribution in [0.5, 0.6) is 0 Å². The van der Waals surface area contributed by atoms with Gasteiger partial charge >= 0.3 is 5.97 Å². The van der Waals surface area contributed by atoms with Crippen LogP contribution in [0.25, 0.3) is 27.7 Å². The highest BCUT2D eigenvalue weighted by Crippen LogP contribution is 2.37. The number of allylic oxidation sites excluding steroid dienone is 1. The third kappa shape index (κ3) is 4.07. The average molecular weight is 553 g/mol. The van der Waals surface area contributed by atoms with Crippen LogP contribution in [0, 0.1) is 10.5 Å². The first-order valence-electron chi connectivity index (χ1n) is 11.0. The first kappa shape index (κ1) is 21.8. The molecule has 7 nitrogen and oxygen atoms in total. The van der Waals surface area contributed by atoms with Crippen LogP contribution < -0.4 is 5.73 Å². The second-order valence-electron chi connectivity index (χ2n) is 8.57. The highest BCUT2D eigenvalue weighted by Gasteiger charge is 2.23. The Kier molecular flexibility index (Phi) is 5.77. The fraction of sp³-hybridized carbons (Fsp3) is 0.280. The fourth-order valence-electron chi connectivity index (χ4n) is 4.78. The molecule has 0 saturated carbocycles. The minimum absolute atomic E-state index is 0.112. The number of rotatable bonds is 4. The molecule has 0 fully saturated rings. The normalized spacial score (nSPS) is 16.7. The van der Waals surface area contributed by atoms with E-state index in [2.05, 4.69) is 56.9 Å². The molecule has 1 aliphatic rings. The van der Waals surface area contributed by atoms with E-state index in [9.17, 15) is 4.79 Å². The van der Waals surface area contributed by atoms with E-state index in [0.717, 1.165) is 73.8 Å². The second kappa shape index (κ2) is 8.74. The van der Waals surface area contributed by atoms with Gasteiger partial charge in [0.15, 0.2) is 5.65 Å². The molecule has 0 radical (unpaired) electrons. The predicted molar refractivity (Wildman–Crippen MR) is 137 cm³/mol. The summed E-state index contributed by atoms with van der Waals surface area (Å²) in [5.41, 5.74) is 13.1. The highest BCUT2D eigenvalue weighted by molar-refractivity contribution is 14.1. The molecule has 168 valence electrons. The van der Waals surface area contributed by atoms with Gasteiger partial charge in [0.25, 0.3) is 0 Å². The van der Waals surface area contributed by atoms with Crippen molar-refractivity contribution in [2.24, 2.45) is 0 Å². The van der Waals surface area contributed by atoms with Crippen molar-refractivity contribution in [2.75, 3.05) is 5.73 Å². The van der Waals surface area contributed by atoms with Gasteiger partial charge in [-0.25, -0.2) is 4.98 Å². The summed E-state index contributed by atoms with van der Waals surface area (Å²) in [6, 6.07) is 8.22. The summed E-state index contributed by atoms with van der Waals surface area (Å²) in [5, 5.41) is 14.8. The third-order valence-corrected chi connectivity index (χ3v) is 7.16. The molecule has 1 atom stereocenters. The lowest BCUT2D eigenvalue weighted by atomic mass is 9.92.